The molecule has 0 atom stereocenters. The first-order valence-corrected chi connectivity index (χ1v) is 9.13. The lowest BCUT2D eigenvalue weighted by Crippen LogP contribution is -2.30. The van der Waals surface area contributed by atoms with Crippen LogP contribution < -0.4 is 10.6 Å². The van der Waals surface area contributed by atoms with E-state index in [1.165, 1.54) is 12.1 Å². The summed E-state index contributed by atoms with van der Waals surface area (Å²) in [6.45, 7) is 0.434. The molecule has 3 rings (SSSR count). The molecule has 132 valence electrons. The van der Waals surface area contributed by atoms with Gasteiger partial charge >= 0.3 is 6.03 Å². The Morgan fingerprint density at radius 1 is 0.923 bits per heavy atom. The van der Waals surface area contributed by atoms with Crippen LogP contribution in [0.2, 0.25) is 0 Å². The van der Waals surface area contributed by atoms with Crippen molar-refractivity contribution in [3.8, 4) is 0 Å². The van der Waals surface area contributed by atoms with E-state index in [1.807, 2.05) is 60.7 Å². The highest BCUT2D eigenvalue weighted by molar-refractivity contribution is 7.99. The lowest BCUT2D eigenvalue weighted by atomic mass is 10.1. The molecule has 2 amide bonds. The number of hydrogen-bond acceptors (Lipinski definition) is 2. The average molecular weight is 366 g/mol. The van der Waals surface area contributed by atoms with E-state index in [0.717, 1.165) is 21.0 Å². The van der Waals surface area contributed by atoms with E-state index in [-0.39, 0.29) is 11.8 Å². The molecule has 0 saturated carbocycles. The van der Waals surface area contributed by atoms with Gasteiger partial charge in [0.05, 0.1) is 5.69 Å². The van der Waals surface area contributed by atoms with Gasteiger partial charge in [-0.05, 0) is 48.4 Å². The number of benzene rings is 3. The fourth-order valence-electron chi connectivity index (χ4n) is 2.45. The molecule has 0 aromatic heterocycles. The first kappa shape index (κ1) is 18.0. The number of urea groups is 1. The minimum absolute atomic E-state index is 0.265. The number of nitrogens with one attached hydrogen (secondary N) is 2. The van der Waals surface area contributed by atoms with Crippen molar-refractivity contribution in [2.75, 3.05) is 11.9 Å². The number of anilines is 1. The maximum absolute atomic E-state index is 13.2. The van der Waals surface area contributed by atoms with Crippen molar-refractivity contribution < 1.29 is 9.18 Å². The molecule has 3 aromatic carbocycles. The smallest absolute Gasteiger partial charge is 0.319 e. The molecule has 5 heteroatoms. The van der Waals surface area contributed by atoms with Crippen molar-refractivity contribution in [1.29, 1.82) is 0 Å². The number of carbonyl (C=O) groups is 1. The van der Waals surface area contributed by atoms with E-state index in [2.05, 4.69) is 10.6 Å². The van der Waals surface area contributed by atoms with Crippen LogP contribution in [0.15, 0.2) is 88.7 Å². The normalized spacial score (nSPS) is 10.3. The topological polar surface area (TPSA) is 41.1 Å². The Bertz CT molecular complexity index is 871. The van der Waals surface area contributed by atoms with Crippen LogP contribution in [-0.2, 0) is 6.42 Å². The largest absolute Gasteiger partial charge is 0.338 e. The average Bonchev–Trinajstić information content (AvgIpc) is 2.64. The molecule has 0 saturated heterocycles. The lowest BCUT2D eigenvalue weighted by molar-refractivity contribution is 0.252. The highest BCUT2D eigenvalue weighted by atomic mass is 32.2. The summed E-state index contributed by atoms with van der Waals surface area (Å²) < 4.78 is 13.2. The number of amides is 2. The molecule has 3 nitrogen and oxygen atoms in total. The first-order chi connectivity index (χ1) is 12.7. The molecule has 0 aliphatic rings. The Hall–Kier alpha value is -2.79. The molecule has 0 heterocycles. The van der Waals surface area contributed by atoms with Crippen LogP contribution in [0.4, 0.5) is 14.9 Å². The van der Waals surface area contributed by atoms with Crippen LogP contribution in [0.25, 0.3) is 0 Å². The number of hydrogen-bond donors (Lipinski definition) is 2. The van der Waals surface area contributed by atoms with Crippen LogP contribution in [0.5, 0.6) is 0 Å². The van der Waals surface area contributed by atoms with Gasteiger partial charge in [-0.3, -0.25) is 0 Å². The van der Waals surface area contributed by atoms with Crippen molar-refractivity contribution in [2.24, 2.45) is 0 Å². The second kappa shape index (κ2) is 9.06. The molecular weight excluding hydrogens is 347 g/mol. The van der Waals surface area contributed by atoms with Crippen molar-refractivity contribution in [3.05, 3.63) is 90.2 Å². The van der Waals surface area contributed by atoms with Crippen LogP contribution >= 0.6 is 11.8 Å². The van der Waals surface area contributed by atoms with Crippen molar-refractivity contribution >= 4 is 23.5 Å². The molecule has 0 unspecified atom stereocenters. The van der Waals surface area contributed by atoms with Crippen LogP contribution in [-0.4, -0.2) is 12.6 Å². The number of rotatable bonds is 6. The van der Waals surface area contributed by atoms with E-state index in [1.54, 1.807) is 17.8 Å². The lowest BCUT2D eigenvalue weighted by Gasteiger charge is -2.12. The minimum atomic E-state index is -0.275. The second-order valence-corrected chi connectivity index (χ2v) is 6.79. The van der Waals surface area contributed by atoms with E-state index < -0.39 is 0 Å². The van der Waals surface area contributed by atoms with Gasteiger partial charge in [0, 0.05) is 16.3 Å². The standard InChI is InChI=1S/C21H19FN2OS/c22-17-8-6-7-16(15-17)13-14-23-21(25)24-19-11-4-5-12-20(19)26-18-9-2-1-3-10-18/h1-12,15H,13-14H2,(H2,23,24,25). The first-order valence-electron chi connectivity index (χ1n) is 8.32. The third-order valence-electron chi connectivity index (χ3n) is 3.69. The van der Waals surface area contributed by atoms with Crippen molar-refractivity contribution in [2.45, 2.75) is 16.2 Å². The molecule has 0 radical (unpaired) electrons. The SMILES string of the molecule is O=C(NCCc1cccc(F)c1)Nc1ccccc1Sc1ccccc1. The van der Waals surface area contributed by atoms with Gasteiger partial charge < -0.3 is 10.6 Å². The molecule has 0 aliphatic carbocycles. The Morgan fingerprint density at radius 2 is 1.69 bits per heavy atom. The van der Waals surface area contributed by atoms with Gasteiger partial charge in [0.25, 0.3) is 0 Å². The molecule has 3 aromatic rings. The van der Waals surface area contributed by atoms with Gasteiger partial charge in [-0.1, -0.05) is 54.2 Å². The maximum Gasteiger partial charge on any atom is 0.319 e. The maximum atomic E-state index is 13.2. The Morgan fingerprint density at radius 3 is 2.50 bits per heavy atom. The van der Waals surface area contributed by atoms with Crippen LogP contribution in [0.3, 0.4) is 0 Å². The molecule has 0 bridgehead atoms. The monoisotopic (exact) mass is 366 g/mol. The molecule has 0 fully saturated rings. The third kappa shape index (κ3) is 5.36. The zero-order valence-electron chi connectivity index (χ0n) is 14.1. The summed E-state index contributed by atoms with van der Waals surface area (Å²) in [5.74, 6) is -0.265. The minimum Gasteiger partial charge on any atom is -0.338 e. The zero-order chi connectivity index (χ0) is 18.2. The molecule has 0 aliphatic heterocycles. The highest BCUT2D eigenvalue weighted by Gasteiger charge is 2.07. The summed E-state index contributed by atoms with van der Waals surface area (Å²) in [5, 5.41) is 5.69. The zero-order valence-corrected chi connectivity index (χ0v) is 14.9. The van der Waals surface area contributed by atoms with E-state index in [4.69, 9.17) is 0 Å². The van der Waals surface area contributed by atoms with E-state index in [9.17, 15) is 9.18 Å². The molecular formula is C21H19FN2OS. The summed E-state index contributed by atoms with van der Waals surface area (Å²) >= 11 is 1.59. The van der Waals surface area contributed by atoms with Crippen LogP contribution in [0.1, 0.15) is 5.56 Å². The second-order valence-electron chi connectivity index (χ2n) is 5.67. The number of carbonyl (C=O) groups excluding carboxylic acids is 1. The molecule has 2 N–H and O–H groups in total. The highest BCUT2D eigenvalue weighted by Crippen LogP contribution is 2.33. The van der Waals surface area contributed by atoms with Crippen molar-refractivity contribution in [3.63, 3.8) is 0 Å². The predicted molar refractivity (Wildman–Crippen MR) is 104 cm³/mol. The van der Waals surface area contributed by atoms with E-state index in [0.29, 0.717) is 13.0 Å². The Labute approximate surface area is 156 Å². The van der Waals surface area contributed by atoms with E-state index >= 15 is 0 Å². The van der Waals surface area contributed by atoms with Gasteiger partial charge in [0.2, 0.25) is 0 Å². The fraction of sp³-hybridized carbons (Fsp3) is 0.0952. The summed E-state index contributed by atoms with van der Waals surface area (Å²) in [4.78, 5) is 14.2. The molecule has 0 spiro atoms. The van der Waals surface area contributed by atoms with Gasteiger partial charge in [-0.15, -0.1) is 0 Å². The Balaban J connectivity index is 1.56. The summed E-state index contributed by atoms with van der Waals surface area (Å²) in [6.07, 6.45) is 0.575. The Kier molecular flexibility index (Phi) is 6.28. The third-order valence-corrected chi connectivity index (χ3v) is 4.78. The fourth-order valence-corrected chi connectivity index (χ4v) is 3.38. The van der Waals surface area contributed by atoms with Gasteiger partial charge in [-0.2, -0.15) is 0 Å². The summed E-state index contributed by atoms with van der Waals surface area (Å²) in [6, 6.07) is 23.8. The summed E-state index contributed by atoms with van der Waals surface area (Å²) in [7, 11) is 0. The number of halogens is 1. The van der Waals surface area contributed by atoms with Gasteiger partial charge in [0.1, 0.15) is 5.82 Å². The van der Waals surface area contributed by atoms with Crippen LogP contribution in [0, 0.1) is 5.82 Å². The number of para-hydroxylation sites is 1. The van der Waals surface area contributed by atoms with Gasteiger partial charge in [0.15, 0.2) is 0 Å². The van der Waals surface area contributed by atoms with Gasteiger partial charge in [-0.25, -0.2) is 9.18 Å². The van der Waals surface area contributed by atoms with Crippen molar-refractivity contribution in [1.82, 2.24) is 5.32 Å². The molecule has 26 heavy (non-hydrogen) atoms. The quantitative estimate of drug-likeness (QED) is 0.618. The predicted octanol–water partition coefficient (Wildman–Crippen LogP) is 5.34. The summed E-state index contributed by atoms with van der Waals surface area (Å²) in [5.41, 5.74) is 1.61.